The number of rotatable bonds is 2. The van der Waals surface area contributed by atoms with E-state index in [9.17, 15) is 8.78 Å². The molecule has 0 aliphatic carbocycles. The van der Waals surface area contributed by atoms with E-state index in [2.05, 4.69) is 16.6 Å². The minimum Gasteiger partial charge on any atom is -0.434 e. The molecule has 1 aromatic heterocycles. The molecule has 0 saturated carbocycles. The Balaban J connectivity index is 2.78. The van der Waals surface area contributed by atoms with E-state index >= 15 is 0 Å². The van der Waals surface area contributed by atoms with E-state index in [0.717, 1.165) is 0 Å². The average Bonchev–Trinajstić information content (AvgIpc) is 1.93. The van der Waals surface area contributed by atoms with Gasteiger partial charge in [0.1, 0.15) is 5.75 Å². The SMILES string of the molecule is [CH2]c1cnccc1OC(F)F. The Labute approximate surface area is 62.8 Å². The smallest absolute Gasteiger partial charge is 0.387 e. The highest BCUT2D eigenvalue weighted by atomic mass is 19.3. The van der Waals surface area contributed by atoms with Crippen LogP contribution in [0, 0.1) is 6.92 Å². The van der Waals surface area contributed by atoms with Crippen LogP contribution in [0.1, 0.15) is 5.56 Å². The second kappa shape index (κ2) is 3.27. The fourth-order valence-corrected chi connectivity index (χ4v) is 0.625. The first-order valence-corrected chi connectivity index (χ1v) is 2.91. The third kappa shape index (κ3) is 2.14. The summed E-state index contributed by atoms with van der Waals surface area (Å²) in [6.45, 7) is 0.645. The molecule has 2 nitrogen and oxygen atoms in total. The normalized spacial score (nSPS) is 10.2. The molecule has 0 unspecified atom stereocenters. The summed E-state index contributed by atoms with van der Waals surface area (Å²) >= 11 is 0. The van der Waals surface area contributed by atoms with Crippen LogP contribution in [0.5, 0.6) is 5.75 Å². The number of alkyl halides is 2. The van der Waals surface area contributed by atoms with Gasteiger partial charge in [-0.25, -0.2) is 0 Å². The molecular formula is C7H6F2NO. The lowest BCUT2D eigenvalue weighted by molar-refractivity contribution is -0.0501. The minimum absolute atomic E-state index is 0.0648. The van der Waals surface area contributed by atoms with Gasteiger partial charge in [-0.3, -0.25) is 4.98 Å². The highest BCUT2D eigenvalue weighted by Gasteiger charge is 2.05. The molecule has 0 N–H and O–H groups in total. The first-order chi connectivity index (χ1) is 5.20. The fourth-order valence-electron chi connectivity index (χ4n) is 0.625. The van der Waals surface area contributed by atoms with Crippen molar-refractivity contribution < 1.29 is 13.5 Å². The van der Waals surface area contributed by atoms with Crippen LogP contribution in [0.25, 0.3) is 0 Å². The molecule has 1 aromatic rings. The average molecular weight is 158 g/mol. The van der Waals surface area contributed by atoms with E-state index in [4.69, 9.17) is 0 Å². The largest absolute Gasteiger partial charge is 0.434 e. The molecule has 0 bridgehead atoms. The van der Waals surface area contributed by atoms with E-state index in [1.807, 2.05) is 0 Å². The van der Waals surface area contributed by atoms with Crippen molar-refractivity contribution in [2.75, 3.05) is 0 Å². The highest BCUT2D eigenvalue weighted by Crippen LogP contribution is 2.16. The lowest BCUT2D eigenvalue weighted by Gasteiger charge is -2.05. The van der Waals surface area contributed by atoms with Crippen LogP contribution < -0.4 is 4.74 Å². The molecule has 4 heteroatoms. The van der Waals surface area contributed by atoms with Gasteiger partial charge in [0.2, 0.25) is 0 Å². The molecule has 0 fully saturated rings. The fraction of sp³-hybridized carbons (Fsp3) is 0.143. The van der Waals surface area contributed by atoms with Gasteiger partial charge >= 0.3 is 6.61 Å². The zero-order valence-electron chi connectivity index (χ0n) is 5.63. The summed E-state index contributed by atoms with van der Waals surface area (Å²) in [4.78, 5) is 3.66. The van der Waals surface area contributed by atoms with Crippen LogP contribution in [0.15, 0.2) is 18.5 Å². The van der Waals surface area contributed by atoms with Crippen molar-refractivity contribution >= 4 is 0 Å². The molecule has 11 heavy (non-hydrogen) atoms. The Morgan fingerprint density at radius 2 is 2.27 bits per heavy atom. The van der Waals surface area contributed by atoms with Crippen molar-refractivity contribution in [2.45, 2.75) is 6.61 Å². The van der Waals surface area contributed by atoms with E-state index in [-0.39, 0.29) is 5.75 Å². The van der Waals surface area contributed by atoms with Crippen LogP contribution in [-0.2, 0) is 0 Å². The molecule has 0 saturated heterocycles. The summed E-state index contributed by atoms with van der Waals surface area (Å²) in [5.74, 6) is 0.0648. The van der Waals surface area contributed by atoms with Crippen LogP contribution in [0.4, 0.5) is 8.78 Å². The van der Waals surface area contributed by atoms with Crippen molar-refractivity contribution in [3.8, 4) is 5.75 Å². The maximum absolute atomic E-state index is 11.6. The van der Waals surface area contributed by atoms with Gasteiger partial charge in [-0.15, -0.1) is 0 Å². The van der Waals surface area contributed by atoms with Gasteiger partial charge in [-0.1, -0.05) is 0 Å². The van der Waals surface area contributed by atoms with Crippen LogP contribution in [-0.4, -0.2) is 11.6 Å². The molecule has 0 spiro atoms. The van der Waals surface area contributed by atoms with Crippen LogP contribution in [0.2, 0.25) is 0 Å². The second-order valence-electron chi connectivity index (χ2n) is 1.86. The third-order valence-electron chi connectivity index (χ3n) is 1.07. The van der Waals surface area contributed by atoms with E-state index in [0.29, 0.717) is 5.56 Å². The molecule has 59 valence electrons. The van der Waals surface area contributed by atoms with Gasteiger partial charge in [-0.2, -0.15) is 8.78 Å². The number of halogens is 2. The standard InChI is InChI=1S/C7H6F2NO/c1-5-4-10-3-2-6(5)11-7(8)9/h2-4,7H,1H2. The zero-order chi connectivity index (χ0) is 8.27. The second-order valence-corrected chi connectivity index (χ2v) is 1.86. The molecular weight excluding hydrogens is 152 g/mol. The summed E-state index contributed by atoms with van der Waals surface area (Å²) in [5, 5.41) is 0. The summed E-state index contributed by atoms with van der Waals surface area (Å²) in [6.07, 6.45) is 2.73. The molecule has 1 radical (unpaired) electrons. The van der Waals surface area contributed by atoms with Crippen LogP contribution >= 0.6 is 0 Å². The van der Waals surface area contributed by atoms with Gasteiger partial charge in [-0.05, 0) is 13.0 Å². The third-order valence-corrected chi connectivity index (χ3v) is 1.07. The molecule has 1 rings (SSSR count). The molecule has 0 aromatic carbocycles. The Bertz CT molecular complexity index is 240. The molecule has 0 aliphatic heterocycles. The zero-order valence-corrected chi connectivity index (χ0v) is 5.63. The lowest BCUT2D eigenvalue weighted by Crippen LogP contribution is -2.03. The summed E-state index contributed by atoms with van der Waals surface area (Å²) < 4.78 is 27.4. The van der Waals surface area contributed by atoms with Gasteiger partial charge in [0.25, 0.3) is 0 Å². The Hall–Kier alpha value is -1.19. The van der Waals surface area contributed by atoms with Gasteiger partial charge in [0, 0.05) is 18.0 Å². The summed E-state index contributed by atoms with van der Waals surface area (Å²) in [5.41, 5.74) is 0.354. The predicted octanol–water partition coefficient (Wildman–Crippen LogP) is 1.87. The minimum atomic E-state index is -2.81. The molecule has 1 heterocycles. The summed E-state index contributed by atoms with van der Waals surface area (Å²) in [7, 11) is 0. The Morgan fingerprint density at radius 1 is 1.55 bits per heavy atom. The monoisotopic (exact) mass is 158 g/mol. The molecule has 0 amide bonds. The van der Waals surface area contributed by atoms with Crippen molar-refractivity contribution in [3.05, 3.63) is 30.9 Å². The molecule has 0 atom stereocenters. The number of hydrogen-bond acceptors (Lipinski definition) is 2. The Morgan fingerprint density at radius 3 is 2.82 bits per heavy atom. The van der Waals surface area contributed by atoms with Crippen molar-refractivity contribution in [1.82, 2.24) is 4.98 Å². The molecule has 0 aliphatic rings. The number of ether oxygens (including phenoxy) is 1. The van der Waals surface area contributed by atoms with Crippen molar-refractivity contribution in [3.63, 3.8) is 0 Å². The number of hydrogen-bond donors (Lipinski definition) is 0. The van der Waals surface area contributed by atoms with E-state index in [1.54, 1.807) is 0 Å². The predicted molar refractivity (Wildman–Crippen MR) is 35.3 cm³/mol. The summed E-state index contributed by atoms with van der Waals surface area (Å²) in [6, 6.07) is 1.34. The van der Waals surface area contributed by atoms with Crippen molar-refractivity contribution in [1.29, 1.82) is 0 Å². The van der Waals surface area contributed by atoms with E-state index in [1.165, 1.54) is 18.5 Å². The maximum Gasteiger partial charge on any atom is 0.387 e. The van der Waals surface area contributed by atoms with Crippen molar-refractivity contribution in [2.24, 2.45) is 0 Å². The van der Waals surface area contributed by atoms with Crippen LogP contribution in [0.3, 0.4) is 0 Å². The quantitative estimate of drug-likeness (QED) is 0.655. The van der Waals surface area contributed by atoms with Gasteiger partial charge < -0.3 is 4.74 Å². The lowest BCUT2D eigenvalue weighted by atomic mass is 10.3. The van der Waals surface area contributed by atoms with Gasteiger partial charge in [0.15, 0.2) is 0 Å². The first kappa shape index (κ1) is 7.91. The highest BCUT2D eigenvalue weighted by molar-refractivity contribution is 5.31. The topological polar surface area (TPSA) is 22.1 Å². The number of aromatic nitrogens is 1. The number of pyridine rings is 1. The Kier molecular flexibility index (Phi) is 2.36. The first-order valence-electron chi connectivity index (χ1n) is 2.91. The maximum atomic E-state index is 11.6. The van der Waals surface area contributed by atoms with Gasteiger partial charge in [0.05, 0.1) is 0 Å². The number of nitrogens with zero attached hydrogens (tertiary/aromatic N) is 1. The van der Waals surface area contributed by atoms with E-state index < -0.39 is 6.61 Å².